The van der Waals surface area contributed by atoms with Crippen molar-refractivity contribution in [2.45, 2.75) is 37.5 Å². The van der Waals surface area contributed by atoms with Crippen molar-refractivity contribution >= 4 is 0 Å². The van der Waals surface area contributed by atoms with Gasteiger partial charge in [0.2, 0.25) is 0 Å². The Morgan fingerprint density at radius 1 is 1.50 bits per heavy atom. The van der Waals surface area contributed by atoms with Crippen LogP contribution in [0.15, 0.2) is 24.3 Å². The average molecular weight is 221 g/mol. The van der Waals surface area contributed by atoms with Gasteiger partial charge >= 0.3 is 0 Å². The first-order valence-electron chi connectivity index (χ1n) is 5.79. The number of hydrogen-bond donors (Lipinski definition) is 2. The van der Waals surface area contributed by atoms with Crippen molar-refractivity contribution in [1.29, 1.82) is 0 Å². The first kappa shape index (κ1) is 10.2. The Labute approximate surface area is 94.5 Å². The minimum absolute atomic E-state index is 0.0896. The van der Waals surface area contributed by atoms with Crippen molar-refractivity contribution in [2.24, 2.45) is 5.92 Å². The molecule has 1 aromatic rings. The molecule has 2 nitrogen and oxygen atoms in total. The van der Waals surface area contributed by atoms with E-state index >= 15 is 0 Å². The standard InChI is InChI=1S/C13H16FNO/c1-13-6-9(7-13)11(15-13)12(16)8-3-2-4-10(14)5-8/h2-5,9,11-12,15-16H,6-7H2,1H3/t9?,11?,12-,13?/m1/s1. The Kier molecular flexibility index (Phi) is 2.10. The van der Waals surface area contributed by atoms with Gasteiger partial charge in [0.05, 0.1) is 6.10 Å². The molecule has 2 saturated heterocycles. The molecule has 3 aliphatic rings. The Hall–Kier alpha value is -0.930. The van der Waals surface area contributed by atoms with E-state index in [0.29, 0.717) is 11.5 Å². The monoisotopic (exact) mass is 221 g/mol. The van der Waals surface area contributed by atoms with Gasteiger partial charge in [-0.2, -0.15) is 0 Å². The van der Waals surface area contributed by atoms with Crippen molar-refractivity contribution in [2.75, 3.05) is 0 Å². The first-order chi connectivity index (χ1) is 7.57. The zero-order chi connectivity index (χ0) is 11.3. The van der Waals surface area contributed by atoms with E-state index in [9.17, 15) is 9.50 Å². The second-order valence-corrected chi connectivity index (χ2v) is 5.40. The molecule has 2 bridgehead atoms. The maximum absolute atomic E-state index is 13.1. The zero-order valence-electron chi connectivity index (χ0n) is 9.28. The maximum atomic E-state index is 13.1. The fourth-order valence-electron chi connectivity index (χ4n) is 3.22. The number of rotatable bonds is 2. The molecule has 0 amide bonds. The molecule has 2 atom stereocenters. The van der Waals surface area contributed by atoms with Crippen molar-refractivity contribution in [1.82, 2.24) is 5.32 Å². The summed E-state index contributed by atoms with van der Waals surface area (Å²) >= 11 is 0. The lowest BCUT2D eigenvalue weighted by Crippen LogP contribution is -2.40. The molecular formula is C13H16FNO. The highest BCUT2D eigenvalue weighted by atomic mass is 19.1. The molecular weight excluding hydrogens is 205 g/mol. The van der Waals surface area contributed by atoms with Crippen molar-refractivity contribution in [3.63, 3.8) is 0 Å². The van der Waals surface area contributed by atoms with Gasteiger partial charge in [-0.15, -0.1) is 0 Å². The third-order valence-corrected chi connectivity index (χ3v) is 3.98. The smallest absolute Gasteiger partial charge is 0.123 e. The quantitative estimate of drug-likeness (QED) is 0.800. The van der Waals surface area contributed by atoms with Gasteiger partial charge in [0, 0.05) is 11.6 Å². The van der Waals surface area contributed by atoms with Gasteiger partial charge in [-0.25, -0.2) is 4.39 Å². The zero-order valence-corrected chi connectivity index (χ0v) is 9.28. The number of halogens is 1. The Balaban J connectivity index is 1.81. The molecule has 0 radical (unpaired) electrons. The molecule has 1 unspecified atom stereocenters. The van der Waals surface area contributed by atoms with Crippen LogP contribution in [0, 0.1) is 11.7 Å². The molecule has 2 N–H and O–H groups in total. The number of aliphatic hydroxyl groups excluding tert-OH is 1. The van der Waals surface area contributed by atoms with Crippen LogP contribution in [0.25, 0.3) is 0 Å². The summed E-state index contributed by atoms with van der Waals surface area (Å²) in [5, 5.41) is 13.7. The number of fused-ring (bicyclic) bond motifs is 1. The molecule has 4 rings (SSSR count). The molecule has 3 heteroatoms. The minimum Gasteiger partial charge on any atom is -0.387 e. The van der Waals surface area contributed by atoms with E-state index in [2.05, 4.69) is 12.2 Å². The van der Waals surface area contributed by atoms with Crippen LogP contribution in [-0.2, 0) is 0 Å². The third-order valence-electron chi connectivity index (χ3n) is 3.98. The molecule has 2 heterocycles. The Bertz CT molecular complexity index is 414. The fourth-order valence-corrected chi connectivity index (χ4v) is 3.22. The van der Waals surface area contributed by atoms with Crippen LogP contribution in [0.2, 0.25) is 0 Å². The van der Waals surface area contributed by atoms with Crippen molar-refractivity contribution in [3.8, 4) is 0 Å². The van der Waals surface area contributed by atoms with E-state index in [0.717, 1.165) is 12.8 Å². The highest BCUT2D eigenvalue weighted by molar-refractivity contribution is 5.24. The molecule has 2 aliphatic heterocycles. The average Bonchev–Trinajstić information content (AvgIpc) is 2.70. The van der Waals surface area contributed by atoms with Gasteiger partial charge < -0.3 is 10.4 Å². The van der Waals surface area contributed by atoms with Crippen LogP contribution in [0.5, 0.6) is 0 Å². The van der Waals surface area contributed by atoms with E-state index < -0.39 is 6.10 Å². The largest absolute Gasteiger partial charge is 0.387 e. The summed E-state index contributed by atoms with van der Waals surface area (Å²) in [6.45, 7) is 2.18. The van der Waals surface area contributed by atoms with E-state index in [-0.39, 0.29) is 17.4 Å². The summed E-state index contributed by atoms with van der Waals surface area (Å²) in [4.78, 5) is 0. The molecule has 16 heavy (non-hydrogen) atoms. The number of benzene rings is 1. The SMILES string of the molecule is CC12CC(C1)C([C@H](O)c1cccc(F)c1)N2. The van der Waals surface area contributed by atoms with Gasteiger partial charge in [0.1, 0.15) is 5.82 Å². The Morgan fingerprint density at radius 2 is 2.25 bits per heavy atom. The molecule has 1 aromatic carbocycles. The van der Waals surface area contributed by atoms with Crippen molar-refractivity contribution in [3.05, 3.63) is 35.6 Å². The van der Waals surface area contributed by atoms with Crippen LogP contribution in [0.3, 0.4) is 0 Å². The lowest BCUT2D eigenvalue weighted by molar-refractivity contribution is 0.121. The Morgan fingerprint density at radius 3 is 2.81 bits per heavy atom. The predicted octanol–water partition coefficient (Wildman–Crippen LogP) is 2.00. The summed E-state index contributed by atoms with van der Waals surface area (Å²) in [6.07, 6.45) is 1.67. The van der Waals surface area contributed by atoms with Gasteiger partial charge in [0.25, 0.3) is 0 Å². The first-order valence-corrected chi connectivity index (χ1v) is 5.79. The van der Waals surface area contributed by atoms with Crippen molar-refractivity contribution < 1.29 is 9.50 Å². The maximum Gasteiger partial charge on any atom is 0.123 e. The summed E-state index contributed by atoms with van der Waals surface area (Å²) in [5.74, 6) is 0.261. The molecule has 0 aromatic heterocycles. The summed E-state index contributed by atoms with van der Waals surface area (Å²) < 4.78 is 13.1. The molecule has 86 valence electrons. The second kappa shape index (κ2) is 3.28. The molecule has 3 fully saturated rings. The van der Waals surface area contributed by atoms with Crippen LogP contribution in [-0.4, -0.2) is 16.7 Å². The topological polar surface area (TPSA) is 32.3 Å². The van der Waals surface area contributed by atoms with Gasteiger partial charge in [-0.1, -0.05) is 12.1 Å². The lowest BCUT2D eigenvalue weighted by Gasteiger charge is -2.33. The third kappa shape index (κ3) is 1.46. The van der Waals surface area contributed by atoms with E-state index in [4.69, 9.17) is 0 Å². The number of aliphatic hydroxyl groups is 1. The van der Waals surface area contributed by atoms with Gasteiger partial charge in [-0.05, 0) is 43.4 Å². The van der Waals surface area contributed by atoms with Crippen LogP contribution >= 0.6 is 0 Å². The van der Waals surface area contributed by atoms with Crippen LogP contribution in [0.1, 0.15) is 31.4 Å². The number of nitrogens with one attached hydrogen (secondary N) is 1. The predicted molar refractivity (Wildman–Crippen MR) is 59.4 cm³/mol. The highest BCUT2D eigenvalue weighted by Gasteiger charge is 2.54. The summed E-state index contributed by atoms with van der Waals surface area (Å²) in [5.41, 5.74) is 0.887. The fraction of sp³-hybridized carbons (Fsp3) is 0.538. The summed E-state index contributed by atoms with van der Waals surface area (Å²) in [7, 11) is 0. The lowest BCUT2D eigenvalue weighted by atomic mass is 9.72. The molecule has 0 spiro atoms. The molecule has 1 saturated carbocycles. The van der Waals surface area contributed by atoms with E-state index in [1.165, 1.54) is 12.1 Å². The highest BCUT2D eigenvalue weighted by Crippen LogP contribution is 2.50. The van der Waals surface area contributed by atoms with Crippen LogP contribution in [0.4, 0.5) is 4.39 Å². The van der Waals surface area contributed by atoms with Gasteiger partial charge in [0.15, 0.2) is 0 Å². The van der Waals surface area contributed by atoms with E-state index in [1.54, 1.807) is 12.1 Å². The molecule has 1 aliphatic carbocycles. The second-order valence-electron chi connectivity index (χ2n) is 5.40. The number of hydrogen-bond acceptors (Lipinski definition) is 2. The van der Waals surface area contributed by atoms with Crippen LogP contribution < -0.4 is 5.32 Å². The summed E-state index contributed by atoms with van der Waals surface area (Å²) in [6, 6.07) is 6.35. The normalized spacial score (nSPS) is 38.2. The van der Waals surface area contributed by atoms with E-state index in [1.807, 2.05) is 0 Å². The minimum atomic E-state index is -0.593. The van der Waals surface area contributed by atoms with Gasteiger partial charge in [-0.3, -0.25) is 0 Å².